The first kappa shape index (κ1) is 11.5. The van der Waals surface area contributed by atoms with E-state index in [9.17, 15) is 4.79 Å². The molecule has 3 rings (SSSR count). The number of hydrogen-bond acceptors (Lipinski definition) is 4. The Kier molecular flexibility index (Phi) is 2.69. The lowest BCUT2D eigenvalue weighted by Gasteiger charge is -2.17. The van der Waals surface area contributed by atoms with Gasteiger partial charge in [-0.1, -0.05) is 11.6 Å². The highest BCUT2D eigenvalue weighted by molar-refractivity contribution is 7.00. The van der Waals surface area contributed by atoms with Crippen molar-refractivity contribution in [1.82, 2.24) is 8.75 Å². The summed E-state index contributed by atoms with van der Waals surface area (Å²) in [5, 5.41) is 0.501. The largest absolute Gasteiger partial charge is 0.308 e. The molecule has 1 aliphatic rings. The van der Waals surface area contributed by atoms with Gasteiger partial charge in [0.1, 0.15) is 11.0 Å². The smallest absolute Gasteiger partial charge is 0.228 e. The van der Waals surface area contributed by atoms with Gasteiger partial charge >= 0.3 is 0 Å². The van der Waals surface area contributed by atoms with E-state index in [1.165, 1.54) is 0 Å². The van der Waals surface area contributed by atoms with Crippen molar-refractivity contribution in [2.24, 2.45) is 5.92 Å². The van der Waals surface area contributed by atoms with Crippen LogP contribution in [0.3, 0.4) is 0 Å². The molecule has 18 heavy (non-hydrogen) atoms. The number of amides is 1. The Morgan fingerprint density at radius 3 is 3.06 bits per heavy atom. The number of halogens is 1. The molecule has 1 unspecified atom stereocenters. The quantitative estimate of drug-likeness (QED) is 0.752. The van der Waals surface area contributed by atoms with Crippen molar-refractivity contribution in [3.63, 3.8) is 0 Å². The summed E-state index contributed by atoms with van der Waals surface area (Å²) in [4.78, 5) is 13.6. The van der Waals surface area contributed by atoms with E-state index >= 15 is 0 Å². The van der Waals surface area contributed by atoms with Crippen molar-refractivity contribution in [2.45, 2.75) is 6.42 Å². The average molecular weight is 278 g/mol. The van der Waals surface area contributed by atoms with Gasteiger partial charge < -0.3 is 4.90 Å². The molecule has 0 N–H and O–H groups in total. The number of fused-ring (bicyclic) bond motifs is 1. The summed E-state index contributed by atoms with van der Waals surface area (Å²) in [6, 6.07) is 3.53. The molecular formula is C12H8ClN3OS. The van der Waals surface area contributed by atoms with Crippen LogP contribution in [0.25, 0.3) is 11.0 Å². The lowest BCUT2D eigenvalue weighted by molar-refractivity contribution is -0.117. The lowest BCUT2D eigenvalue weighted by atomic mass is 10.1. The molecule has 0 saturated carbocycles. The Bertz CT molecular complexity index is 676. The molecule has 1 aromatic carbocycles. The maximum absolute atomic E-state index is 12.0. The molecular weight excluding hydrogens is 270 g/mol. The molecule has 0 aliphatic carbocycles. The summed E-state index contributed by atoms with van der Waals surface area (Å²) in [5.74, 6) is 2.54. The van der Waals surface area contributed by atoms with Gasteiger partial charge in [-0.2, -0.15) is 8.75 Å². The van der Waals surface area contributed by atoms with Crippen molar-refractivity contribution in [1.29, 1.82) is 0 Å². The maximum atomic E-state index is 12.0. The highest BCUT2D eigenvalue weighted by atomic mass is 35.5. The number of anilines is 1. The van der Waals surface area contributed by atoms with Crippen molar-refractivity contribution in [2.75, 3.05) is 11.4 Å². The number of rotatable bonds is 1. The molecule has 90 valence electrons. The average Bonchev–Trinajstić information content (AvgIpc) is 2.96. The van der Waals surface area contributed by atoms with Crippen LogP contribution >= 0.6 is 23.3 Å². The molecule has 1 fully saturated rings. The van der Waals surface area contributed by atoms with Gasteiger partial charge in [0.25, 0.3) is 0 Å². The van der Waals surface area contributed by atoms with Gasteiger partial charge in [-0.15, -0.1) is 12.3 Å². The molecule has 1 saturated heterocycles. The predicted octanol–water partition coefficient (Wildman–Crippen LogP) is 2.33. The first-order valence-electron chi connectivity index (χ1n) is 5.38. The van der Waals surface area contributed by atoms with Gasteiger partial charge in [-0.3, -0.25) is 4.79 Å². The first-order valence-corrected chi connectivity index (χ1v) is 6.49. The number of carbonyl (C=O) groups excluding carboxylic acids is 1. The van der Waals surface area contributed by atoms with E-state index in [4.69, 9.17) is 18.0 Å². The molecule has 0 radical (unpaired) electrons. The van der Waals surface area contributed by atoms with E-state index < -0.39 is 0 Å². The third-order valence-corrected chi connectivity index (χ3v) is 3.83. The van der Waals surface area contributed by atoms with Crippen LogP contribution in [0.1, 0.15) is 6.42 Å². The van der Waals surface area contributed by atoms with Gasteiger partial charge in [-0.05, 0) is 12.1 Å². The number of carbonyl (C=O) groups is 1. The molecule has 1 aliphatic heterocycles. The summed E-state index contributed by atoms with van der Waals surface area (Å²) in [7, 11) is 0. The van der Waals surface area contributed by atoms with Gasteiger partial charge in [0, 0.05) is 18.9 Å². The third-order valence-electron chi connectivity index (χ3n) is 2.98. The van der Waals surface area contributed by atoms with E-state index in [1.807, 2.05) is 0 Å². The molecule has 0 bridgehead atoms. The highest BCUT2D eigenvalue weighted by Gasteiger charge is 2.32. The summed E-state index contributed by atoms with van der Waals surface area (Å²) in [6.07, 6.45) is 5.74. The number of terminal acetylenes is 1. The Hall–Kier alpha value is -1.64. The molecule has 1 aromatic heterocycles. The zero-order valence-electron chi connectivity index (χ0n) is 9.26. The first-order chi connectivity index (χ1) is 8.70. The van der Waals surface area contributed by atoms with Crippen LogP contribution in [0.5, 0.6) is 0 Å². The minimum absolute atomic E-state index is 0.0136. The lowest BCUT2D eigenvalue weighted by Crippen LogP contribution is -2.25. The van der Waals surface area contributed by atoms with Gasteiger partial charge in [0.05, 0.1) is 22.4 Å². The predicted molar refractivity (Wildman–Crippen MR) is 71.7 cm³/mol. The van der Waals surface area contributed by atoms with Crippen LogP contribution in [-0.4, -0.2) is 21.2 Å². The minimum atomic E-state index is -0.0598. The Labute approximate surface area is 113 Å². The molecule has 1 amide bonds. The minimum Gasteiger partial charge on any atom is -0.308 e. The number of aromatic nitrogens is 2. The monoisotopic (exact) mass is 277 g/mol. The molecule has 2 heterocycles. The van der Waals surface area contributed by atoms with Crippen LogP contribution < -0.4 is 4.90 Å². The van der Waals surface area contributed by atoms with Gasteiger partial charge in [0.15, 0.2) is 0 Å². The van der Waals surface area contributed by atoms with Gasteiger partial charge in [-0.25, -0.2) is 0 Å². The van der Waals surface area contributed by atoms with E-state index in [2.05, 4.69) is 14.7 Å². The Morgan fingerprint density at radius 2 is 2.33 bits per heavy atom. The topological polar surface area (TPSA) is 46.1 Å². The van der Waals surface area contributed by atoms with Crippen molar-refractivity contribution in [3.8, 4) is 12.3 Å². The normalized spacial score (nSPS) is 19.4. The SMILES string of the molecule is C#CC1CC(=O)N(c2c(Cl)ccc3nsnc23)C1. The summed E-state index contributed by atoms with van der Waals surface area (Å²) in [6.45, 7) is 0.492. The van der Waals surface area contributed by atoms with Crippen LogP contribution in [0.2, 0.25) is 5.02 Å². The fourth-order valence-corrected chi connectivity index (χ4v) is 2.90. The molecule has 6 heteroatoms. The summed E-state index contributed by atoms with van der Waals surface area (Å²) in [5.41, 5.74) is 2.04. The summed E-state index contributed by atoms with van der Waals surface area (Å²) < 4.78 is 8.36. The zero-order valence-corrected chi connectivity index (χ0v) is 10.8. The van der Waals surface area contributed by atoms with Gasteiger partial charge in [0.2, 0.25) is 5.91 Å². The molecule has 1 atom stereocenters. The fraction of sp³-hybridized carbons (Fsp3) is 0.250. The Morgan fingerprint density at radius 1 is 1.50 bits per heavy atom. The highest BCUT2D eigenvalue weighted by Crippen LogP contribution is 2.36. The second kappa shape index (κ2) is 4.23. The summed E-state index contributed by atoms with van der Waals surface area (Å²) >= 11 is 7.29. The Balaban J connectivity index is 2.15. The number of nitrogens with zero attached hydrogens (tertiary/aromatic N) is 3. The maximum Gasteiger partial charge on any atom is 0.228 e. The standard InChI is InChI=1S/C12H8ClN3OS/c1-2-7-5-10(17)16(6-7)12-8(13)3-4-9-11(12)15-18-14-9/h1,3-4,7H,5-6H2. The van der Waals surface area contributed by atoms with E-state index in [-0.39, 0.29) is 11.8 Å². The third kappa shape index (κ3) is 1.65. The van der Waals surface area contributed by atoms with E-state index in [0.717, 1.165) is 17.2 Å². The van der Waals surface area contributed by atoms with E-state index in [0.29, 0.717) is 29.2 Å². The number of benzene rings is 1. The molecule has 2 aromatic rings. The van der Waals surface area contributed by atoms with Crippen LogP contribution in [0.4, 0.5) is 5.69 Å². The van der Waals surface area contributed by atoms with Crippen LogP contribution in [0.15, 0.2) is 12.1 Å². The molecule has 4 nitrogen and oxygen atoms in total. The fourth-order valence-electron chi connectivity index (χ4n) is 2.11. The second-order valence-electron chi connectivity index (χ2n) is 4.10. The zero-order chi connectivity index (χ0) is 12.7. The van der Waals surface area contributed by atoms with Crippen molar-refractivity contribution in [3.05, 3.63) is 17.2 Å². The van der Waals surface area contributed by atoms with Crippen LogP contribution in [0, 0.1) is 18.3 Å². The second-order valence-corrected chi connectivity index (χ2v) is 5.04. The van der Waals surface area contributed by atoms with Crippen LogP contribution in [-0.2, 0) is 4.79 Å². The van der Waals surface area contributed by atoms with Crippen molar-refractivity contribution < 1.29 is 4.79 Å². The van der Waals surface area contributed by atoms with E-state index in [1.54, 1.807) is 17.0 Å². The number of hydrogen-bond donors (Lipinski definition) is 0. The molecule has 0 spiro atoms. The van der Waals surface area contributed by atoms with Crippen molar-refractivity contribution >= 4 is 46.0 Å².